The number of ketones is 3. The van der Waals surface area contributed by atoms with E-state index in [-0.39, 0.29) is 34.1 Å². The zero-order valence-electron chi connectivity index (χ0n) is 15.0. The maximum Gasteiger partial charge on any atom is 0.157 e. The molecule has 0 aliphatic heterocycles. The molecule has 0 radical (unpaired) electrons. The summed E-state index contributed by atoms with van der Waals surface area (Å²) in [6, 6.07) is 0. The van der Waals surface area contributed by atoms with E-state index in [1.807, 2.05) is 6.92 Å². The molecule has 4 aliphatic rings. The topological polar surface area (TPSA) is 51.2 Å². The van der Waals surface area contributed by atoms with E-state index >= 15 is 0 Å². The number of hydrogen-bond donors (Lipinski definition) is 0. The minimum Gasteiger partial charge on any atom is -0.299 e. The van der Waals surface area contributed by atoms with Crippen molar-refractivity contribution in [3.63, 3.8) is 0 Å². The maximum absolute atomic E-state index is 13.6. The van der Waals surface area contributed by atoms with Crippen LogP contribution in [0.5, 0.6) is 0 Å². The SMILES string of the molecule is CC1(C)[C@@H]2CC[C@]1(C(=O)[C@H]1C(=O)[C@]3(C)CC[C@H]1C3(C)C)C(=O)C2. The lowest BCUT2D eigenvalue weighted by molar-refractivity contribution is -0.150. The molecule has 4 saturated carbocycles. The van der Waals surface area contributed by atoms with Crippen LogP contribution in [0, 0.1) is 39.4 Å². The van der Waals surface area contributed by atoms with Crippen molar-refractivity contribution in [3.8, 4) is 0 Å². The third-order valence-corrected chi connectivity index (χ3v) is 9.13. The molecule has 0 N–H and O–H groups in total. The first-order valence-electron chi connectivity index (χ1n) is 9.14. The maximum atomic E-state index is 13.6. The molecule has 126 valence electrons. The highest BCUT2D eigenvalue weighted by Crippen LogP contribution is 2.70. The van der Waals surface area contributed by atoms with Crippen molar-refractivity contribution in [2.45, 2.75) is 66.7 Å². The first-order chi connectivity index (χ1) is 10.5. The van der Waals surface area contributed by atoms with E-state index < -0.39 is 16.7 Å². The third-order valence-electron chi connectivity index (χ3n) is 9.13. The molecular formula is C20H28O3. The normalized spacial score (nSPS) is 49.2. The van der Waals surface area contributed by atoms with Gasteiger partial charge in [-0.25, -0.2) is 0 Å². The van der Waals surface area contributed by atoms with Crippen molar-refractivity contribution in [2.24, 2.45) is 39.4 Å². The molecule has 0 amide bonds. The second-order valence-corrected chi connectivity index (χ2v) is 9.90. The van der Waals surface area contributed by atoms with Gasteiger partial charge in [0.25, 0.3) is 0 Å². The Labute approximate surface area is 138 Å². The Morgan fingerprint density at radius 2 is 1.61 bits per heavy atom. The van der Waals surface area contributed by atoms with Crippen molar-refractivity contribution in [2.75, 3.05) is 0 Å². The van der Waals surface area contributed by atoms with Crippen LogP contribution in [-0.4, -0.2) is 17.3 Å². The quantitative estimate of drug-likeness (QED) is 0.732. The van der Waals surface area contributed by atoms with Gasteiger partial charge in [0.15, 0.2) is 5.78 Å². The zero-order valence-corrected chi connectivity index (χ0v) is 15.0. The van der Waals surface area contributed by atoms with E-state index in [9.17, 15) is 14.4 Å². The Balaban J connectivity index is 1.80. The molecule has 5 atom stereocenters. The molecule has 3 heteroatoms. The molecule has 4 rings (SSSR count). The van der Waals surface area contributed by atoms with Gasteiger partial charge in [-0.1, -0.05) is 34.6 Å². The predicted molar refractivity (Wildman–Crippen MR) is 86.7 cm³/mol. The Hall–Kier alpha value is -0.990. The van der Waals surface area contributed by atoms with Crippen LogP contribution >= 0.6 is 0 Å². The highest BCUT2D eigenvalue weighted by molar-refractivity contribution is 6.19. The number of carbonyl (C=O) groups excluding carboxylic acids is 3. The van der Waals surface area contributed by atoms with Crippen LogP contribution in [0.4, 0.5) is 0 Å². The molecule has 0 aromatic heterocycles. The van der Waals surface area contributed by atoms with Crippen molar-refractivity contribution < 1.29 is 14.4 Å². The number of hydrogen-bond acceptors (Lipinski definition) is 3. The van der Waals surface area contributed by atoms with Gasteiger partial charge < -0.3 is 0 Å². The van der Waals surface area contributed by atoms with Crippen LogP contribution in [0.25, 0.3) is 0 Å². The standard InChI is InChI=1S/C20H28O3/c1-17(2)11-6-9-20(17,13(21)10-11)16(23)14-12-7-8-19(5,15(14)22)18(12,3)4/h11-12,14H,6-10H2,1-5H3/t11-,12-,14-,19+,20-/m1/s1. The van der Waals surface area contributed by atoms with Gasteiger partial charge in [0.2, 0.25) is 0 Å². The number of fused-ring (bicyclic) bond motifs is 4. The fourth-order valence-electron chi connectivity index (χ4n) is 6.91. The highest BCUT2D eigenvalue weighted by Gasteiger charge is 2.74. The number of carbonyl (C=O) groups is 3. The van der Waals surface area contributed by atoms with Gasteiger partial charge in [-0.2, -0.15) is 0 Å². The van der Waals surface area contributed by atoms with Crippen LogP contribution in [0.15, 0.2) is 0 Å². The van der Waals surface area contributed by atoms with Gasteiger partial charge in [-0.3, -0.25) is 14.4 Å². The zero-order chi connectivity index (χ0) is 17.0. The number of rotatable bonds is 2. The van der Waals surface area contributed by atoms with E-state index in [0.717, 1.165) is 19.3 Å². The summed E-state index contributed by atoms with van der Waals surface area (Å²) in [6.45, 7) is 10.5. The van der Waals surface area contributed by atoms with Gasteiger partial charge in [-0.15, -0.1) is 0 Å². The van der Waals surface area contributed by atoms with Crippen LogP contribution in [0.3, 0.4) is 0 Å². The molecule has 4 bridgehead atoms. The first-order valence-corrected chi connectivity index (χ1v) is 9.14. The van der Waals surface area contributed by atoms with E-state index in [1.165, 1.54) is 0 Å². The summed E-state index contributed by atoms with van der Waals surface area (Å²) in [5.41, 5.74) is -1.69. The molecule has 4 aliphatic carbocycles. The lowest BCUT2D eigenvalue weighted by Gasteiger charge is -2.38. The second-order valence-electron chi connectivity index (χ2n) is 9.90. The second kappa shape index (κ2) is 3.97. The molecule has 0 unspecified atom stereocenters. The molecule has 0 aromatic rings. The fraction of sp³-hybridized carbons (Fsp3) is 0.850. The van der Waals surface area contributed by atoms with Gasteiger partial charge in [0.1, 0.15) is 11.6 Å². The van der Waals surface area contributed by atoms with E-state index in [1.54, 1.807) is 0 Å². The van der Waals surface area contributed by atoms with Crippen molar-refractivity contribution >= 4 is 17.3 Å². The van der Waals surface area contributed by atoms with Crippen molar-refractivity contribution in [1.82, 2.24) is 0 Å². The summed E-state index contributed by atoms with van der Waals surface area (Å²) in [7, 11) is 0. The third kappa shape index (κ3) is 1.35. The molecule has 23 heavy (non-hydrogen) atoms. The van der Waals surface area contributed by atoms with Crippen molar-refractivity contribution in [1.29, 1.82) is 0 Å². The monoisotopic (exact) mass is 316 g/mol. The highest BCUT2D eigenvalue weighted by atomic mass is 16.2. The molecule has 3 nitrogen and oxygen atoms in total. The average Bonchev–Trinajstić information content (AvgIpc) is 2.98. The van der Waals surface area contributed by atoms with E-state index in [0.29, 0.717) is 18.8 Å². The summed E-state index contributed by atoms with van der Waals surface area (Å²) in [4.78, 5) is 39.6. The summed E-state index contributed by atoms with van der Waals surface area (Å²) < 4.78 is 0. The minimum absolute atomic E-state index is 0.0148. The Morgan fingerprint density at radius 1 is 0.957 bits per heavy atom. The number of Topliss-reactive ketones (excluding diaryl/α,β-unsaturated/α-hetero) is 3. The molecular weight excluding hydrogens is 288 g/mol. The minimum atomic E-state index is -0.880. The van der Waals surface area contributed by atoms with Crippen LogP contribution < -0.4 is 0 Å². The Morgan fingerprint density at radius 3 is 2.04 bits per heavy atom. The molecule has 0 saturated heterocycles. The van der Waals surface area contributed by atoms with Crippen LogP contribution in [0.1, 0.15) is 66.7 Å². The molecule has 0 aromatic carbocycles. The summed E-state index contributed by atoms with van der Waals surface area (Å²) in [6.07, 6.45) is 3.98. The largest absolute Gasteiger partial charge is 0.299 e. The fourth-order valence-corrected chi connectivity index (χ4v) is 6.91. The lowest BCUT2D eigenvalue weighted by atomic mass is 9.61. The van der Waals surface area contributed by atoms with Crippen molar-refractivity contribution in [3.05, 3.63) is 0 Å². The van der Waals surface area contributed by atoms with E-state index in [2.05, 4.69) is 27.7 Å². The average molecular weight is 316 g/mol. The lowest BCUT2D eigenvalue weighted by Crippen LogP contribution is -2.50. The summed E-state index contributed by atoms with van der Waals surface area (Å²) in [5, 5.41) is 0. The van der Waals surface area contributed by atoms with Gasteiger partial charge >= 0.3 is 0 Å². The smallest absolute Gasteiger partial charge is 0.157 e. The van der Waals surface area contributed by atoms with Gasteiger partial charge in [-0.05, 0) is 48.3 Å². The van der Waals surface area contributed by atoms with Gasteiger partial charge in [0, 0.05) is 11.8 Å². The van der Waals surface area contributed by atoms with Crippen LogP contribution in [0.2, 0.25) is 0 Å². The summed E-state index contributed by atoms with van der Waals surface area (Å²) in [5.74, 6) is 0.114. The molecule has 0 spiro atoms. The first kappa shape index (κ1) is 15.5. The molecule has 0 heterocycles. The molecule has 4 fully saturated rings. The van der Waals surface area contributed by atoms with E-state index in [4.69, 9.17) is 0 Å². The Kier molecular flexibility index (Phi) is 2.68. The predicted octanol–water partition coefficient (Wildman–Crippen LogP) is 3.59. The summed E-state index contributed by atoms with van der Waals surface area (Å²) >= 11 is 0. The van der Waals surface area contributed by atoms with Gasteiger partial charge in [0.05, 0.1) is 11.3 Å². The van der Waals surface area contributed by atoms with Crippen LogP contribution in [-0.2, 0) is 14.4 Å². The Bertz CT molecular complexity index is 643.